The smallest absolute Gasteiger partial charge is 0.231 e. The van der Waals surface area contributed by atoms with E-state index in [0.717, 1.165) is 11.3 Å². The van der Waals surface area contributed by atoms with Gasteiger partial charge in [-0.2, -0.15) is 0 Å². The molecule has 110 valence electrons. The van der Waals surface area contributed by atoms with Crippen molar-refractivity contribution in [3.05, 3.63) is 45.9 Å². The van der Waals surface area contributed by atoms with Crippen molar-refractivity contribution in [3.63, 3.8) is 0 Å². The van der Waals surface area contributed by atoms with Gasteiger partial charge in [0.25, 0.3) is 0 Å². The van der Waals surface area contributed by atoms with Gasteiger partial charge in [0.2, 0.25) is 12.5 Å². The standard InChI is InChI=1S/C15H13Cl2NO3/c1-19-13-4-9(5-14-15(13)21-8-20-14)7-18-12-3-2-10(16)6-11(12)17/h2-6,18H,7-8H2,1H3. The molecule has 21 heavy (non-hydrogen) atoms. The molecule has 4 nitrogen and oxygen atoms in total. The zero-order valence-electron chi connectivity index (χ0n) is 11.3. The number of ether oxygens (including phenoxy) is 3. The molecule has 2 aromatic carbocycles. The quantitative estimate of drug-likeness (QED) is 0.907. The molecule has 0 aromatic heterocycles. The number of hydrogen-bond donors (Lipinski definition) is 1. The number of halogens is 2. The van der Waals surface area contributed by atoms with Crippen molar-refractivity contribution >= 4 is 28.9 Å². The molecule has 0 amide bonds. The lowest BCUT2D eigenvalue weighted by Gasteiger charge is -2.11. The normalized spacial score (nSPS) is 12.3. The molecule has 0 saturated carbocycles. The zero-order valence-corrected chi connectivity index (χ0v) is 12.8. The first-order valence-corrected chi connectivity index (χ1v) is 7.08. The Morgan fingerprint density at radius 3 is 2.81 bits per heavy atom. The van der Waals surface area contributed by atoms with Crippen LogP contribution < -0.4 is 19.5 Å². The lowest BCUT2D eigenvalue weighted by Crippen LogP contribution is -2.00. The molecule has 6 heteroatoms. The number of anilines is 1. The molecule has 0 fully saturated rings. The van der Waals surface area contributed by atoms with E-state index in [2.05, 4.69) is 5.32 Å². The molecule has 0 atom stereocenters. The molecule has 0 radical (unpaired) electrons. The maximum Gasteiger partial charge on any atom is 0.231 e. The van der Waals surface area contributed by atoms with Crippen LogP contribution in [0, 0.1) is 0 Å². The molecule has 0 saturated heterocycles. The summed E-state index contributed by atoms with van der Waals surface area (Å²) in [6, 6.07) is 9.16. The number of methoxy groups -OCH3 is 1. The van der Waals surface area contributed by atoms with E-state index in [1.807, 2.05) is 18.2 Å². The third kappa shape index (κ3) is 2.96. The molecule has 0 unspecified atom stereocenters. The van der Waals surface area contributed by atoms with E-state index >= 15 is 0 Å². The first kappa shape index (κ1) is 14.2. The molecule has 1 N–H and O–H groups in total. The summed E-state index contributed by atoms with van der Waals surface area (Å²) in [6.07, 6.45) is 0. The number of rotatable bonds is 4. The minimum Gasteiger partial charge on any atom is -0.493 e. The fraction of sp³-hybridized carbons (Fsp3) is 0.200. The van der Waals surface area contributed by atoms with E-state index in [1.54, 1.807) is 19.2 Å². The van der Waals surface area contributed by atoms with Crippen molar-refractivity contribution in [1.82, 2.24) is 0 Å². The molecule has 1 aliphatic heterocycles. The predicted molar refractivity (Wildman–Crippen MR) is 82.9 cm³/mol. The Morgan fingerprint density at radius 2 is 2.05 bits per heavy atom. The SMILES string of the molecule is COc1cc(CNc2ccc(Cl)cc2Cl)cc2c1OCO2. The van der Waals surface area contributed by atoms with Gasteiger partial charge in [-0.05, 0) is 35.9 Å². The van der Waals surface area contributed by atoms with E-state index in [0.29, 0.717) is 33.8 Å². The monoisotopic (exact) mass is 325 g/mol. The van der Waals surface area contributed by atoms with E-state index in [4.69, 9.17) is 37.4 Å². The van der Waals surface area contributed by atoms with E-state index in [1.165, 1.54) is 0 Å². The average molecular weight is 326 g/mol. The van der Waals surface area contributed by atoms with Crippen molar-refractivity contribution in [1.29, 1.82) is 0 Å². The van der Waals surface area contributed by atoms with Gasteiger partial charge in [0.05, 0.1) is 17.8 Å². The molecule has 0 spiro atoms. The van der Waals surface area contributed by atoms with Gasteiger partial charge < -0.3 is 19.5 Å². The third-order valence-corrected chi connectivity index (χ3v) is 3.68. The maximum atomic E-state index is 6.13. The van der Waals surface area contributed by atoms with Crippen LogP contribution >= 0.6 is 23.2 Å². The van der Waals surface area contributed by atoms with Crippen molar-refractivity contribution in [2.24, 2.45) is 0 Å². The average Bonchev–Trinajstić information content (AvgIpc) is 2.93. The van der Waals surface area contributed by atoms with Gasteiger partial charge in [-0.25, -0.2) is 0 Å². The Labute approximate surface area is 132 Å². The summed E-state index contributed by atoms with van der Waals surface area (Å²) < 4.78 is 16.1. The van der Waals surface area contributed by atoms with Crippen LogP contribution in [0.15, 0.2) is 30.3 Å². The van der Waals surface area contributed by atoms with Crippen molar-refractivity contribution in [3.8, 4) is 17.2 Å². The van der Waals surface area contributed by atoms with Crippen LogP contribution in [0.3, 0.4) is 0 Å². The lowest BCUT2D eigenvalue weighted by molar-refractivity contribution is 0.171. The Morgan fingerprint density at radius 1 is 1.19 bits per heavy atom. The summed E-state index contributed by atoms with van der Waals surface area (Å²) in [7, 11) is 1.60. The van der Waals surface area contributed by atoms with Gasteiger partial charge in [-0.3, -0.25) is 0 Å². The van der Waals surface area contributed by atoms with Crippen molar-refractivity contribution in [2.75, 3.05) is 19.2 Å². The van der Waals surface area contributed by atoms with Crippen LogP contribution in [0.25, 0.3) is 0 Å². The minimum atomic E-state index is 0.214. The van der Waals surface area contributed by atoms with Crippen LogP contribution in [-0.4, -0.2) is 13.9 Å². The number of fused-ring (bicyclic) bond motifs is 1. The summed E-state index contributed by atoms with van der Waals surface area (Å²) in [6.45, 7) is 0.792. The summed E-state index contributed by atoms with van der Waals surface area (Å²) in [4.78, 5) is 0. The summed E-state index contributed by atoms with van der Waals surface area (Å²) in [5.74, 6) is 1.99. The zero-order chi connectivity index (χ0) is 14.8. The minimum absolute atomic E-state index is 0.214. The van der Waals surface area contributed by atoms with Gasteiger partial charge in [0.1, 0.15) is 0 Å². The molecule has 3 rings (SSSR count). The summed E-state index contributed by atoms with van der Waals surface area (Å²) in [5, 5.41) is 4.44. The summed E-state index contributed by atoms with van der Waals surface area (Å²) in [5.41, 5.74) is 1.82. The fourth-order valence-corrected chi connectivity index (χ4v) is 2.59. The second-order valence-electron chi connectivity index (χ2n) is 4.51. The van der Waals surface area contributed by atoms with Gasteiger partial charge in [-0.1, -0.05) is 23.2 Å². The number of hydrogen-bond acceptors (Lipinski definition) is 4. The summed E-state index contributed by atoms with van der Waals surface area (Å²) >= 11 is 12.0. The largest absolute Gasteiger partial charge is 0.493 e. The molecule has 2 aromatic rings. The van der Waals surface area contributed by atoms with Crippen LogP contribution in [0.1, 0.15) is 5.56 Å². The first-order chi connectivity index (χ1) is 10.2. The molecule has 0 aliphatic carbocycles. The van der Waals surface area contributed by atoms with E-state index < -0.39 is 0 Å². The molecular formula is C15H13Cl2NO3. The highest BCUT2D eigenvalue weighted by Gasteiger charge is 2.20. The Kier molecular flexibility index (Phi) is 3.99. The topological polar surface area (TPSA) is 39.7 Å². The Bertz CT molecular complexity index is 676. The first-order valence-electron chi connectivity index (χ1n) is 6.33. The maximum absolute atomic E-state index is 6.13. The highest BCUT2D eigenvalue weighted by Crippen LogP contribution is 2.42. The van der Waals surface area contributed by atoms with Crippen LogP contribution in [0.5, 0.6) is 17.2 Å². The van der Waals surface area contributed by atoms with Gasteiger partial charge in [0.15, 0.2) is 11.5 Å². The predicted octanol–water partition coefficient (Wildman–Crippen LogP) is 4.34. The highest BCUT2D eigenvalue weighted by atomic mass is 35.5. The molecule has 1 heterocycles. The van der Waals surface area contributed by atoms with Gasteiger partial charge >= 0.3 is 0 Å². The van der Waals surface area contributed by atoms with Crippen LogP contribution in [-0.2, 0) is 6.54 Å². The Balaban J connectivity index is 1.79. The second kappa shape index (κ2) is 5.92. The Hall–Kier alpha value is -1.78. The van der Waals surface area contributed by atoms with Gasteiger partial charge in [0, 0.05) is 11.6 Å². The van der Waals surface area contributed by atoms with E-state index in [-0.39, 0.29) is 6.79 Å². The van der Waals surface area contributed by atoms with Gasteiger partial charge in [-0.15, -0.1) is 0 Å². The van der Waals surface area contributed by atoms with Crippen molar-refractivity contribution < 1.29 is 14.2 Å². The van der Waals surface area contributed by atoms with Crippen LogP contribution in [0.2, 0.25) is 10.0 Å². The van der Waals surface area contributed by atoms with Crippen LogP contribution in [0.4, 0.5) is 5.69 Å². The molecular weight excluding hydrogens is 313 g/mol. The van der Waals surface area contributed by atoms with E-state index in [9.17, 15) is 0 Å². The molecule has 0 bridgehead atoms. The van der Waals surface area contributed by atoms with Crippen molar-refractivity contribution in [2.45, 2.75) is 6.54 Å². The third-order valence-electron chi connectivity index (χ3n) is 3.13. The highest BCUT2D eigenvalue weighted by molar-refractivity contribution is 6.36. The second-order valence-corrected chi connectivity index (χ2v) is 5.35. The fourth-order valence-electron chi connectivity index (χ4n) is 2.12. The number of nitrogens with one attached hydrogen (secondary N) is 1. The molecule has 1 aliphatic rings. The lowest BCUT2D eigenvalue weighted by atomic mass is 10.1. The number of benzene rings is 2.